The van der Waals surface area contributed by atoms with Gasteiger partial charge in [0.25, 0.3) is 5.91 Å². The van der Waals surface area contributed by atoms with Crippen LogP contribution in [0.2, 0.25) is 0 Å². The molecule has 0 aliphatic rings. The molecule has 4 nitrogen and oxygen atoms in total. The van der Waals surface area contributed by atoms with E-state index in [0.717, 1.165) is 58.0 Å². The maximum atomic E-state index is 13.0. The number of benzene rings is 1. The Bertz CT molecular complexity index is 520. The zero-order chi connectivity index (χ0) is 18.5. The summed E-state index contributed by atoms with van der Waals surface area (Å²) in [6.45, 7) is 8.21. The summed E-state index contributed by atoms with van der Waals surface area (Å²) in [6.07, 6.45) is 7.00. The van der Waals surface area contributed by atoms with E-state index in [2.05, 4.69) is 20.8 Å². The van der Waals surface area contributed by atoms with Gasteiger partial charge >= 0.3 is 5.97 Å². The third-order valence-corrected chi connectivity index (χ3v) is 4.21. The fraction of sp³-hybridized carbons (Fsp3) is 0.619. The Balaban J connectivity index is 2.87. The molecule has 25 heavy (non-hydrogen) atoms. The highest BCUT2D eigenvalue weighted by atomic mass is 16.5. The van der Waals surface area contributed by atoms with Crippen molar-refractivity contribution >= 4 is 11.9 Å². The smallest absolute Gasteiger partial charge is 0.338 e. The number of hydrogen-bond acceptors (Lipinski definition) is 3. The molecule has 140 valence electrons. The SMILES string of the molecule is CCCCCOC(=O)c1ccccc1C(=O)N(CCCC)CCCC. The van der Waals surface area contributed by atoms with E-state index in [9.17, 15) is 9.59 Å². The Labute approximate surface area is 152 Å². The number of hydrogen-bond donors (Lipinski definition) is 0. The number of nitrogens with zero attached hydrogens (tertiary/aromatic N) is 1. The van der Waals surface area contributed by atoms with E-state index in [1.807, 2.05) is 4.90 Å². The van der Waals surface area contributed by atoms with Crippen molar-refractivity contribution in [3.05, 3.63) is 35.4 Å². The molecule has 0 aliphatic carbocycles. The summed E-state index contributed by atoms with van der Waals surface area (Å²) in [6, 6.07) is 7.00. The monoisotopic (exact) mass is 347 g/mol. The van der Waals surface area contributed by atoms with Crippen molar-refractivity contribution in [3.8, 4) is 0 Å². The van der Waals surface area contributed by atoms with Gasteiger partial charge in [-0.25, -0.2) is 4.79 Å². The molecule has 0 unspecified atom stereocenters. The van der Waals surface area contributed by atoms with Crippen LogP contribution in [0.15, 0.2) is 24.3 Å². The fourth-order valence-corrected chi connectivity index (χ4v) is 2.63. The van der Waals surface area contributed by atoms with Crippen molar-refractivity contribution < 1.29 is 14.3 Å². The van der Waals surface area contributed by atoms with Crippen molar-refractivity contribution in [2.75, 3.05) is 19.7 Å². The van der Waals surface area contributed by atoms with Gasteiger partial charge in [0.15, 0.2) is 0 Å². The third kappa shape index (κ3) is 7.29. The average molecular weight is 347 g/mol. The molecule has 0 aliphatic heterocycles. The topological polar surface area (TPSA) is 46.6 Å². The van der Waals surface area contributed by atoms with Gasteiger partial charge in [0.05, 0.1) is 17.7 Å². The van der Waals surface area contributed by atoms with E-state index in [4.69, 9.17) is 4.74 Å². The van der Waals surface area contributed by atoms with Gasteiger partial charge in [0.2, 0.25) is 0 Å². The molecule has 1 amide bonds. The molecule has 1 rings (SSSR count). The summed E-state index contributed by atoms with van der Waals surface area (Å²) in [5, 5.41) is 0. The maximum Gasteiger partial charge on any atom is 0.338 e. The molecule has 4 heteroatoms. The Morgan fingerprint density at radius 3 is 1.96 bits per heavy atom. The van der Waals surface area contributed by atoms with Gasteiger partial charge in [-0.1, -0.05) is 58.6 Å². The summed E-state index contributed by atoms with van der Waals surface area (Å²) in [5.41, 5.74) is 0.831. The molecular formula is C21H33NO3. The second kappa shape index (κ2) is 12.5. The minimum Gasteiger partial charge on any atom is -0.462 e. The van der Waals surface area contributed by atoms with Gasteiger partial charge in [0, 0.05) is 13.1 Å². The first-order chi connectivity index (χ1) is 12.2. The van der Waals surface area contributed by atoms with E-state index in [0.29, 0.717) is 17.7 Å². The summed E-state index contributed by atoms with van der Waals surface area (Å²) < 4.78 is 5.35. The third-order valence-electron chi connectivity index (χ3n) is 4.21. The zero-order valence-corrected chi connectivity index (χ0v) is 16.1. The van der Waals surface area contributed by atoms with Crippen molar-refractivity contribution in [1.82, 2.24) is 4.90 Å². The predicted octanol–water partition coefficient (Wildman–Crippen LogP) is 5.08. The first kappa shape index (κ1) is 21.2. The minimum atomic E-state index is -0.397. The van der Waals surface area contributed by atoms with Gasteiger partial charge < -0.3 is 9.64 Å². The largest absolute Gasteiger partial charge is 0.462 e. The Morgan fingerprint density at radius 1 is 0.840 bits per heavy atom. The highest BCUT2D eigenvalue weighted by Crippen LogP contribution is 2.15. The number of carbonyl (C=O) groups is 2. The van der Waals surface area contributed by atoms with E-state index in [-0.39, 0.29) is 5.91 Å². The van der Waals surface area contributed by atoms with Crippen LogP contribution in [-0.4, -0.2) is 36.5 Å². The quantitative estimate of drug-likeness (QED) is 0.391. The van der Waals surface area contributed by atoms with Crippen molar-refractivity contribution in [3.63, 3.8) is 0 Å². The fourth-order valence-electron chi connectivity index (χ4n) is 2.63. The number of ether oxygens (including phenoxy) is 1. The van der Waals surface area contributed by atoms with Crippen LogP contribution in [0.4, 0.5) is 0 Å². The lowest BCUT2D eigenvalue weighted by molar-refractivity contribution is 0.0491. The van der Waals surface area contributed by atoms with Gasteiger partial charge in [-0.2, -0.15) is 0 Å². The summed E-state index contributed by atoms with van der Waals surface area (Å²) in [4.78, 5) is 27.2. The van der Waals surface area contributed by atoms with Crippen LogP contribution >= 0.6 is 0 Å². The summed E-state index contributed by atoms with van der Waals surface area (Å²) in [5.74, 6) is -0.464. The molecule has 1 aromatic carbocycles. The van der Waals surface area contributed by atoms with Gasteiger partial charge in [-0.15, -0.1) is 0 Å². The van der Waals surface area contributed by atoms with Crippen LogP contribution in [0, 0.1) is 0 Å². The normalized spacial score (nSPS) is 10.5. The van der Waals surface area contributed by atoms with Crippen molar-refractivity contribution in [2.45, 2.75) is 65.7 Å². The van der Waals surface area contributed by atoms with Gasteiger partial charge in [-0.05, 0) is 31.4 Å². The number of carbonyl (C=O) groups excluding carboxylic acids is 2. The molecule has 0 bridgehead atoms. The molecule has 0 spiro atoms. The first-order valence-corrected chi connectivity index (χ1v) is 9.71. The minimum absolute atomic E-state index is 0.0667. The molecule has 0 saturated heterocycles. The van der Waals surface area contributed by atoms with E-state index >= 15 is 0 Å². The first-order valence-electron chi connectivity index (χ1n) is 9.71. The molecule has 0 saturated carbocycles. The lowest BCUT2D eigenvalue weighted by atomic mass is 10.1. The van der Waals surface area contributed by atoms with Crippen LogP contribution < -0.4 is 0 Å². The molecule has 0 fully saturated rings. The molecular weight excluding hydrogens is 314 g/mol. The maximum absolute atomic E-state index is 13.0. The Hall–Kier alpha value is -1.84. The lowest BCUT2D eigenvalue weighted by Crippen LogP contribution is -2.34. The second-order valence-corrected chi connectivity index (χ2v) is 6.39. The van der Waals surface area contributed by atoms with Crippen LogP contribution in [0.3, 0.4) is 0 Å². The van der Waals surface area contributed by atoms with E-state index in [1.54, 1.807) is 24.3 Å². The second-order valence-electron chi connectivity index (χ2n) is 6.39. The Kier molecular flexibility index (Phi) is 10.6. The van der Waals surface area contributed by atoms with Gasteiger partial charge in [-0.3, -0.25) is 4.79 Å². The number of esters is 1. The number of amides is 1. The number of rotatable bonds is 12. The molecule has 1 aromatic rings. The highest BCUT2D eigenvalue weighted by molar-refractivity contribution is 6.05. The summed E-state index contributed by atoms with van der Waals surface area (Å²) in [7, 11) is 0. The molecule has 0 N–H and O–H groups in total. The molecule has 0 heterocycles. The number of unbranched alkanes of at least 4 members (excludes halogenated alkanes) is 4. The lowest BCUT2D eigenvalue weighted by Gasteiger charge is -2.23. The predicted molar refractivity (Wildman–Crippen MR) is 102 cm³/mol. The Morgan fingerprint density at radius 2 is 1.40 bits per heavy atom. The zero-order valence-electron chi connectivity index (χ0n) is 16.1. The van der Waals surface area contributed by atoms with Crippen LogP contribution in [0.25, 0.3) is 0 Å². The highest BCUT2D eigenvalue weighted by Gasteiger charge is 2.22. The van der Waals surface area contributed by atoms with Gasteiger partial charge in [0.1, 0.15) is 0 Å². The molecule has 0 radical (unpaired) electrons. The molecule has 0 atom stereocenters. The summed E-state index contributed by atoms with van der Waals surface area (Å²) >= 11 is 0. The van der Waals surface area contributed by atoms with E-state index in [1.165, 1.54) is 0 Å². The standard InChI is InChI=1S/C21H33NO3/c1-4-7-12-17-25-21(24)19-14-11-10-13-18(19)20(23)22(15-8-5-2)16-9-6-3/h10-11,13-14H,4-9,12,15-17H2,1-3H3. The van der Waals surface area contributed by atoms with Crippen molar-refractivity contribution in [2.24, 2.45) is 0 Å². The van der Waals surface area contributed by atoms with Crippen LogP contribution in [0.5, 0.6) is 0 Å². The van der Waals surface area contributed by atoms with Crippen molar-refractivity contribution in [1.29, 1.82) is 0 Å². The average Bonchev–Trinajstić information content (AvgIpc) is 2.64. The van der Waals surface area contributed by atoms with Crippen LogP contribution in [0.1, 0.15) is 86.4 Å². The molecule has 0 aromatic heterocycles. The van der Waals surface area contributed by atoms with Crippen LogP contribution in [-0.2, 0) is 4.74 Å². The van der Waals surface area contributed by atoms with E-state index < -0.39 is 5.97 Å².